The molecule has 22 heavy (non-hydrogen) atoms. The smallest absolute Gasteiger partial charge is 0.410 e. The van der Waals surface area contributed by atoms with E-state index in [2.05, 4.69) is 0 Å². The largest absolute Gasteiger partial charge is 0.508 e. The van der Waals surface area contributed by atoms with E-state index < -0.39 is 29.8 Å². The van der Waals surface area contributed by atoms with Crippen LogP contribution in [0.4, 0.5) is 4.79 Å². The Hall–Kier alpha value is -1.79. The number of amides is 1. The van der Waals surface area contributed by atoms with E-state index in [9.17, 15) is 20.1 Å². The lowest BCUT2D eigenvalue weighted by Crippen LogP contribution is -2.53. The van der Waals surface area contributed by atoms with E-state index in [0.29, 0.717) is 0 Å². The van der Waals surface area contributed by atoms with Gasteiger partial charge in [-0.1, -0.05) is 12.1 Å². The van der Waals surface area contributed by atoms with Crippen molar-refractivity contribution < 1.29 is 24.9 Å². The van der Waals surface area contributed by atoms with E-state index in [4.69, 9.17) is 4.74 Å². The molecule has 1 aromatic carbocycles. The van der Waals surface area contributed by atoms with Crippen molar-refractivity contribution in [3.05, 3.63) is 29.8 Å². The molecule has 0 aromatic heterocycles. The van der Waals surface area contributed by atoms with Crippen LogP contribution in [-0.2, 0) is 4.74 Å². The maximum atomic E-state index is 12.0. The summed E-state index contributed by atoms with van der Waals surface area (Å²) in [5.41, 5.74) is 0.0995. The molecule has 0 radical (unpaired) electrons. The number of carbonyl (C=O) groups is 1. The van der Waals surface area contributed by atoms with E-state index in [-0.39, 0.29) is 18.8 Å². The number of hydrogen-bond donors (Lipinski definition) is 3. The molecule has 1 aliphatic rings. The number of piperidine rings is 1. The highest BCUT2D eigenvalue weighted by atomic mass is 16.6. The van der Waals surface area contributed by atoms with Crippen molar-refractivity contribution in [1.82, 2.24) is 4.90 Å². The molecular weight excluding hydrogens is 286 g/mol. The van der Waals surface area contributed by atoms with Crippen LogP contribution in [0, 0.1) is 0 Å². The van der Waals surface area contributed by atoms with Gasteiger partial charge in [-0.15, -0.1) is 0 Å². The SMILES string of the molecule is CC(C)(C)OC(=O)N1CC(O)C(c2ccc(O)cc2)C(O)C1. The van der Waals surface area contributed by atoms with Crippen LogP contribution in [0.2, 0.25) is 0 Å². The summed E-state index contributed by atoms with van der Waals surface area (Å²) < 4.78 is 5.26. The minimum absolute atomic E-state index is 0.0948. The average Bonchev–Trinajstić information content (AvgIpc) is 2.38. The topological polar surface area (TPSA) is 90.2 Å². The number of carbonyl (C=O) groups excluding carboxylic acids is 1. The quantitative estimate of drug-likeness (QED) is 0.730. The van der Waals surface area contributed by atoms with Gasteiger partial charge in [-0.25, -0.2) is 4.79 Å². The normalized spacial score (nSPS) is 25.9. The lowest BCUT2D eigenvalue weighted by atomic mass is 9.85. The standard InChI is InChI=1S/C16H23NO5/c1-16(2,3)22-15(21)17-8-12(19)14(13(20)9-17)10-4-6-11(18)7-5-10/h4-7,12-14,18-20H,8-9H2,1-3H3. The van der Waals surface area contributed by atoms with E-state index in [1.165, 1.54) is 17.0 Å². The van der Waals surface area contributed by atoms with Gasteiger partial charge in [-0.3, -0.25) is 0 Å². The molecule has 1 saturated heterocycles. The molecular formula is C16H23NO5. The van der Waals surface area contributed by atoms with Gasteiger partial charge in [-0.05, 0) is 38.5 Å². The van der Waals surface area contributed by atoms with Crippen LogP contribution in [0.25, 0.3) is 0 Å². The second-order valence-electron chi connectivity index (χ2n) is 6.64. The number of aliphatic hydroxyl groups is 2. The molecule has 2 rings (SSSR count). The van der Waals surface area contributed by atoms with Crippen LogP contribution in [-0.4, -0.2) is 57.2 Å². The third-order valence-corrected chi connectivity index (χ3v) is 3.57. The van der Waals surface area contributed by atoms with Crippen molar-refractivity contribution in [2.45, 2.75) is 44.5 Å². The molecule has 0 spiro atoms. The van der Waals surface area contributed by atoms with Gasteiger partial charge in [0.1, 0.15) is 11.4 Å². The third kappa shape index (κ3) is 3.90. The first-order valence-corrected chi connectivity index (χ1v) is 7.30. The van der Waals surface area contributed by atoms with Gasteiger partial charge in [0.25, 0.3) is 0 Å². The van der Waals surface area contributed by atoms with Gasteiger partial charge in [0.05, 0.1) is 25.3 Å². The van der Waals surface area contributed by atoms with Crippen molar-refractivity contribution in [2.75, 3.05) is 13.1 Å². The number of phenolic OH excluding ortho intramolecular Hbond substituents is 1. The molecule has 6 nitrogen and oxygen atoms in total. The molecule has 1 aliphatic heterocycles. The van der Waals surface area contributed by atoms with Crippen molar-refractivity contribution in [1.29, 1.82) is 0 Å². The van der Waals surface area contributed by atoms with Gasteiger partial charge in [0, 0.05) is 5.92 Å². The number of nitrogens with zero attached hydrogens (tertiary/aromatic N) is 1. The van der Waals surface area contributed by atoms with Crippen LogP contribution in [0.1, 0.15) is 32.3 Å². The number of likely N-dealkylation sites (tertiary alicyclic amines) is 1. The molecule has 6 heteroatoms. The molecule has 2 unspecified atom stereocenters. The number of phenols is 1. The van der Waals surface area contributed by atoms with E-state index in [0.717, 1.165) is 5.56 Å². The van der Waals surface area contributed by atoms with Crippen LogP contribution in [0.15, 0.2) is 24.3 Å². The number of rotatable bonds is 1. The maximum absolute atomic E-state index is 12.0. The Balaban J connectivity index is 2.09. The van der Waals surface area contributed by atoms with Crippen molar-refractivity contribution in [3.63, 3.8) is 0 Å². The highest BCUT2D eigenvalue weighted by Crippen LogP contribution is 2.30. The number of aliphatic hydroxyl groups excluding tert-OH is 2. The zero-order valence-electron chi connectivity index (χ0n) is 13.1. The fourth-order valence-electron chi connectivity index (χ4n) is 2.63. The summed E-state index contributed by atoms with van der Waals surface area (Å²) in [7, 11) is 0. The summed E-state index contributed by atoms with van der Waals surface area (Å²) in [5.74, 6) is -0.377. The molecule has 1 fully saturated rings. The van der Waals surface area contributed by atoms with Crippen molar-refractivity contribution in [2.24, 2.45) is 0 Å². The Labute approximate surface area is 129 Å². The molecule has 1 aromatic rings. The van der Waals surface area contributed by atoms with Gasteiger partial charge in [-0.2, -0.15) is 0 Å². The summed E-state index contributed by atoms with van der Waals surface area (Å²) in [5, 5.41) is 29.9. The number of benzene rings is 1. The Morgan fingerprint density at radius 1 is 1.14 bits per heavy atom. The molecule has 2 atom stereocenters. The highest BCUT2D eigenvalue weighted by Gasteiger charge is 2.39. The lowest BCUT2D eigenvalue weighted by Gasteiger charge is -2.40. The molecule has 0 saturated carbocycles. The van der Waals surface area contributed by atoms with Crippen LogP contribution < -0.4 is 0 Å². The second kappa shape index (κ2) is 6.14. The summed E-state index contributed by atoms with van der Waals surface area (Å²) in [6, 6.07) is 6.34. The predicted molar refractivity (Wildman–Crippen MR) is 80.7 cm³/mol. The van der Waals surface area contributed by atoms with Crippen LogP contribution in [0.3, 0.4) is 0 Å². The molecule has 0 aliphatic carbocycles. The van der Waals surface area contributed by atoms with Gasteiger partial charge < -0.3 is 25.0 Å². The molecule has 1 heterocycles. The fraction of sp³-hybridized carbons (Fsp3) is 0.562. The van der Waals surface area contributed by atoms with Gasteiger partial charge >= 0.3 is 6.09 Å². The average molecular weight is 309 g/mol. The highest BCUT2D eigenvalue weighted by molar-refractivity contribution is 5.68. The van der Waals surface area contributed by atoms with Gasteiger partial charge in [0.2, 0.25) is 0 Å². The first kappa shape index (κ1) is 16.6. The number of aromatic hydroxyl groups is 1. The molecule has 3 N–H and O–H groups in total. The monoisotopic (exact) mass is 309 g/mol. The number of β-amino-alcohol motifs (C(OH)–C–C–N with tert-alkyl or cyclic N) is 2. The van der Waals surface area contributed by atoms with Crippen LogP contribution >= 0.6 is 0 Å². The van der Waals surface area contributed by atoms with E-state index in [1.807, 2.05) is 0 Å². The molecule has 1 amide bonds. The zero-order chi connectivity index (χ0) is 16.5. The zero-order valence-corrected chi connectivity index (χ0v) is 13.1. The Morgan fingerprint density at radius 2 is 1.64 bits per heavy atom. The number of hydrogen-bond acceptors (Lipinski definition) is 5. The first-order chi connectivity index (χ1) is 10.2. The Kier molecular flexibility index (Phi) is 4.63. The summed E-state index contributed by atoms with van der Waals surface area (Å²) in [6.45, 7) is 5.48. The Bertz CT molecular complexity index is 510. The van der Waals surface area contributed by atoms with Crippen LogP contribution in [0.5, 0.6) is 5.75 Å². The minimum Gasteiger partial charge on any atom is -0.508 e. The van der Waals surface area contributed by atoms with E-state index in [1.54, 1.807) is 32.9 Å². The maximum Gasteiger partial charge on any atom is 0.410 e. The first-order valence-electron chi connectivity index (χ1n) is 7.30. The molecule has 0 bridgehead atoms. The summed E-state index contributed by atoms with van der Waals surface area (Å²) >= 11 is 0. The summed E-state index contributed by atoms with van der Waals surface area (Å²) in [4.78, 5) is 13.4. The fourth-order valence-corrected chi connectivity index (χ4v) is 2.63. The predicted octanol–water partition coefficient (Wildman–Crippen LogP) is 1.45. The van der Waals surface area contributed by atoms with Crippen molar-refractivity contribution >= 4 is 6.09 Å². The van der Waals surface area contributed by atoms with Crippen molar-refractivity contribution in [3.8, 4) is 5.75 Å². The second-order valence-corrected chi connectivity index (χ2v) is 6.64. The number of ether oxygens (including phenoxy) is 1. The van der Waals surface area contributed by atoms with Gasteiger partial charge in [0.15, 0.2) is 0 Å². The van der Waals surface area contributed by atoms with E-state index >= 15 is 0 Å². The summed E-state index contributed by atoms with van der Waals surface area (Å²) in [6.07, 6.45) is -2.35. The minimum atomic E-state index is -0.902. The Morgan fingerprint density at radius 3 is 2.09 bits per heavy atom. The molecule has 122 valence electrons. The third-order valence-electron chi connectivity index (χ3n) is 3.57. The lowest BCUT2D eigenvalue weighted by molar-refractivity contribution is -0.0429.